The summed E-state index contributed by atoms with van der Waals surface area (Å²) >= 11 is 6.07. The molecule has 1 aliphatic heterocycles. The molecule has 0 radical (unpaired) electrons. The highest BCUT2D eigenvalue weighted by Crippen LogP contribution is 2.62. The zero-order chi connectivity index (χ0) is 16.3. The van der Waals surface area contributed by atoms with E-state index in [0.717, 1.165) is 16.8 Å². The molecule has 0 aromatic heterocycles. The molecule has 1 aromatic carbocycles. The van der Waals surface area contributed by atoms with Crippen molar-refractivity contribution in [2.24, 2.45) is 0 Å². The van der Waals surface area contributed by atoms with Crippen LogP contribution in [0.3, 0.4) is 0 Å². The second-order valence-corrected chi connectivity index (χ2v) is 11.4. The van der Waals surface area contributed by atoms with Gasteiger partial charge in [-0.15, -0.1) is 0 Å². The van der Waals surface area contributed by atoms with Gasteiger partial charge in [-0.05, 0) is 63.4 Å². The van der Waals surface area contributed by atoms with Crippen molar-refractivity contribution in [2.45, 2.75) is 38.9 Å². The quantitative estimate of drug-likeness (QED) is 0.803. The number of aryl methyl sites for hydroxylation is 2. The summed E-state index contributed by atoms with van der Waals surface area (Å²) in [7, 11) is 0.653. The molecule has 1 aliphatic rings. The van der Waals surface area contributed by atoms with Gasteiger partial charge in [0.2, 0.25) is 0 Å². The molecular weight excluding hydrogens is 315 g/mol. The van der Waals surface area contributed by atoms with Gasteiger partial charge in [0.1, 0.15) is 0 Å². The third-order valence-electron chi connectivity index (χ3n) is 4.73. The van der Waals surface area contributed by atoms with Crippen LogP contribution in [-0.4, -0.2) is 37.7 Å². The van der Waals surface area contributed by atoms with E-state index >= 15 is 0 Å². The first-order valence-electron chi connectivity index (χ1n) is 7.96. The number of carbonyl (C=O) groups is 1. The fraction of sp³-hybridized carbons (Fsp3) is 0.588. The number of benzene rings is 1. The average molecular weight is 342 g/mol. The number of anilines is 1. The van der Waals surface area contributed by atoms with E-state index in [-0.39, 0.29) is 11.7 Å². The summed E-state index contributed by atoms with van der Waals surface area (Å²) in [6.07, 6.45) is 6.25. The van der Waals surface area contributed by atoms with Gasteiger partial charge < -0.3 is 5.32 Å². The summed E-state index contributed by atoms with van der Waals surface area (Å²) in [6, 6.07) is 3.80. The SMILES string of the molecule is CNC(C(=O)Nc1c(C)cc(Cl)cc1C)[P+]1(C)CCCCC1. The first kappa shape index (κ1) is 17.7. The van der Waals surface area contributed by atoms with E-state index in [1.165, 1.54) is 31.6 Å². The Kier molecular flexibility index (Phi) is 5.87. The maximum Gasteiger partial charge on any atom is 0.280 e. The molecule has 0 spiro atoms. The molecule has 1 atom stereocenters. The topological polar surface area (TPSA) is 41.1 Å². The Balaban J connectivity index is 2.20. The van der Waals surface area contributed by atoms with Crippen LogP contribution < -0.4 is 10.6 Å². The molecule has 0 saturated carbocycles. The van der Waals surface area contributed by atoms with E-state index in [0.29, 0.717) is 5.02 Å². The fourth-order valence-electron chi connectivity index (χ4n) is 3.52. The number of rotatable bonds is 4. The molecule has 0 bridgehead atoms. The summed E-state index contributed by atoms with van der Waals surface area (Å²) in [4.78, 5) is 12.9. The molecule has 1 unspecified atom stereocenters. The van der Waals surface area contributed by atoms with Crippen LogP contribution in [0.15, 0.2) is 12.1 Å². The first-order chi connectivity index (χ1) is 10.4. The number of halogens is 1. The summed E-state index contributed by atoms with van der Waals surface area (Å²) in [5.74, 6) is 0.0519. The monoisotopic (exact) mass is 341 g/mol. The van der Waals surface area contributed by atoms with Crippen LogP contribution in [0.4, 0.5) is 5.69 Å². The van der Waals surface area contributed by atoms with Gasteiger partial charge in [0, 0.05) is 18.0 Å². The standard InChI is InChI=1S/C17H26ClN2OP/c1-12-10-14(18)11-13(2)15(12)20-16(21)17(19-3)22(4)8-6-5-7-9-22/h10-11,17,19H,5-9H2,1-4H3/p+1. The van der Waals surface area contributed by atoms with Gasteiger partial charge in [-0.3, -0.25) is 10.1 Å². The van der Waals surface area contributed by atoms with Crippen molar-refractivity contribution in [3.05, 3.63) is 28.3 Å². The highest BCUT2D eigenvalue weighted by Gasteiger charge is 2.45. The normalized spacial score (nSPS) is 18.8. The summed E-state index contributed by atoms with van der Waals surface area (Å²) in [6.45, 7) is 6.31. The van der Waals surface area contributed by atoms with Gasteiger partial charge in [-0.2, -0.15) is 0 Å². The molecule has 0 aliphatic carbocycles. The van der Waals surface area contributed by atoms with Crippen LogP contribution in [0.2, 0.25) is 5.02 Å². The highest BCUT2D eigenvalue weighted by atomic mass is 35.5. The van der Waals surface area contributed by atoms with E-state index in [9.17, 15) is 4.79 Å². The van der Waals surface area contributed by atoms with Crippen molar-refractivity contribution in [2.75, 3.05) is 31.4 Å². The Labute approximate surface area is 139 Å². The second kappa shape index (κ2) is 7.29. The third-order valence-corrected chi connectivity index (χ3v) is 9.36. The number of likely N-dealkylation sites (N-methyl/N-ethyl adjacent to an activating group) is 1. The van der Waals surface area contributed by atoms with Crippen molar-refractivity contribution in [3.63, 3.8) is 0 Å². The van der Waals surface area contributed by atoms with Crippen molar-refractivity contribution in [3.8, 4) is 0 Å². The number of nitrogens with one attached hydrogen (secondary N) is 2. The lowest BCUT2D eigenvalue weighted by Gasteiger charge is -2.33. The lowest BCUT2D eigenvalue weighted by atomic mass is 10.1. The van der Waals surface area contributed by atoms with Crippen molar-refractivity contribution >= 4 is 30.5 Å². The third kappa shape index (κ3) is 3.82. The Morgan fingerprint density at radius 2 is 1.73 bits per heavy atom. The number of hydrogen-bond donors (Lipinski definition) is 2. The summed E-state index contributed by atoms with van der Waals surface area (Å²) in [5, 5.41) is 7.15. The van der Waals surface area contributed by atoms with Crippen molar-refractivity contribution < 1.29 is 4.79 Å². The van der Waals surface area contributed by atoms with Gasteiger partial charge in [0.05, 0.1) is 19.0 Å². The van der Waals surface area contributed by atoms with Gasteiger partial charge in [0.15, 0.2) is 5.78 Å². The molecule has 1 amide bonds. The van der Waals surface area contributed by atoms with Crippen LogP contribution in [0.5, 0.6) is 0 Å². The van der Waals surface area contributed by atoms with Crippen LogP contribution in [-0.2, 0) is 4.79 Å². The minimum atomic E-state index is -1.26. The average Bonchev–Trinajstić information content (AvgIpc) is 2.44. The smallest absolute Gasteiger partial charge is 0.280 e. The largest absolute Gasteiger partial charge is 0.321 e. The lowest BCUT2D eigenvalue weighted by molar-refractivity contribution is -0.116. The fourth-order valence-corrected chi connectivity index (χ4v) is 7.73. The van der Waals surface area contributed by atoms with Crippen LogP contribution in [0, 0.1) is 13.8 Å². The molecule has 1 aromatic rings. The molecule has 3 nitrogen and oxygen atoms in total. The van der Waals surface area contributed by atoms with Gasteiger partial charge in [-0.25, -0.2) is 0 Å². The van der Waals surface area contributed by atoms with Crippen LogP contribution >= 0.6 is 18.9 Å². The number of carbonyl (C=O) groups excluding carboxylic acids is 1. The predicted octanol–water partition coefficient (Wildman–Crippen LogP) is 4.27. The zero-order valence-corrected chi connectivity index (χ0v) is 15.7. The Morgan fingerprint density at radius 1 is 1.18 bits per heavy atom. The number of hydrogen-bond acceptors (Lipinski definition) is 2. The van der Waals surface area contributed by atoms with Crippen LogP contribution in [0.25, 0.3) is 0 Å². The van der Waals surface area contributed by atoms with E-state index in [2.05, 4.69) is 17.3 Å². The predicted molar refractivity (Wildman–Crippen MR) is 98.8 cm³/mol. The number of amides is 1. The van der Waals surface area contributed by atoms with E-state index in [1.807, 2.05) is 33.0 Å². The Hall–Kier alpha value is -0.630. The van der Waals surface area contributed by atoms with E-state index < -0.39 is 7.26 Å². The van der Waals surface area contributed by atoms with Crippen molar-refractivity contribution in [1.29, 1.82) is 0 Å². The molecular formula is C17H27ClN2OP+. The highest BCUT2D eigenvalue weighted by molar-refractivity contribution is 7.76. The Bertz CT molecular complexity index is 533. The van der Waals surface area contributed by atoms with Gasteiger partial charge >= 0.3 is 0 Å². The molecule has 1 heterocycles. The maximum atomic E-state index is 12.9. The second-order valence-electron chi connectivity index (χ2n) is 6.58. The molecule has 1 saturated heterocycles. The minimum Gasteiger partial charge on any atom is -0.321 e. The first-order valence-corrected chi connectivity index (χ1v) is 11.0. The molecule has 2 N–H and O–H groups in total. The van der Waals surface area contributed by atoms with Gasteiger partial charge in [-0.1, -0.05) is 11.6 Å². The lowest BCUT2D eigenvalue weighted by Crippen LogP contribution is -2.42. The Morgan fingerprint density at radius 3 is 2.23 bits per heavy atom. The molecule has 5 heteroatoms. The zero-order valence-electron chi connectivity index (χ0n) is 14.0. The van der Waals surface area contributed by atoms with Crippen LogP contribution in [0.1, 0.15) is 30.4 Å². The minimum absolute atomic E-state index is 0.0534. The van der Waals surface area contributed by atoms with E-state index in [4.69, 9.17) is 11.6 Å². The molecule has 122 valence electrons. The van der Waals surface area contributed by atoms with Gasteiger partial charge in [0.25, 0.3) is 5.91 Å². The molecule has 22 heavy (non-hydrogen) atoms. The van der Waals surface area contributed by atoms with E-state index in [1.54, 1.807) is 0 Å². The molecule has 1 fully saturated rings. The maximum absolute atomic E-state index is 12.9. The summed E-state index contributed by atoms with van der Waals surface area (Å²) in [5.41, 5.74) is 2.93. The summed E-state index contributed by atoms with van der Waals surface area (Å²) < 4.78 is 0. The molecule has 2 rings (SSSR count). The van der Waals surface area contributed by atoms with Crippen molar-refractivity contribution in [1.82, 2.24) is 5.32 Å².